The Morgan fingerprint density at radius 1 is 1.04 bits per heavy atom. The van der Waals surface area contributed by atoms with Crippen molar-refractivity contribution in [1.29, 1.82) is 0 Å². The maximum absolute atomic E-state index is 13.0. The largest absolute Gasteiger partial charge is 0.271 e. The van der Waals surface area contributed by atoms with E-state index >= 15 is 0 Å². The Kier molecular flexibility index (Phi) is 6.04. The fourth-order valence-electron chi connectivity index (χ4n) is 2.08. The van der Waals surface area contributed by atoms with Crippen molar-refractivity contribution in [1.82, 2.24) is 5.43 Å². The van der Waals surface area contributed by atoms with Gasteiger partial charge in [0.15, 0.2) is 0 Å². The fraction of sp³-hybridized carbons (Fsp3) is 0.176. The zero-order valence-corrected chi connectivity index (χ0v) is 14.9. The molecular weight excluding hydrogens is 364 g/mol. The Hall–Kier alpha value is -2.81. The van der Waals surface area contributed by atoms with Crippen LogP contribution in [0.3, 0.4) is 0 Å². The van der Waals surface area contributed by atoms with Gasteiger partial charge >= 0.3 is 0 Å². The van der Waals surface area contributed by atoms with Gasteiger partial charge in [0.1, 0.15) is 18.2 Å². The van der Waals surface area contributed by atoms with E-state index in [0.29, 0.717) is 11.3 Å². The lowest BCUT2D eigenvalue weighted by atomic mass is 10.1. The molecule has 0 atom stereocenters. The van der Waals surface area contributed by atoms with Crippen LogP contribution in [0.25, 0.3) is 0 Å². The number of amides is 1. The summed E-state index contributed by atoms with van der Waals surface area (Å²) in [6.07, 6.45) is 0.941. The van der Waals surface area contributed by atoms with E-state index in [2.05, 4.69) is 10.5 Å². The molecule has 0 saturated heterocycles. The zero-order chi connectivity index (χ0) is 19.3. The third-order valence-electron chi connectivity index (χ3n) is 3.41. The van der Waals surface area contributed by atoms with Crippen molar-refractivity contribution in [3.05, 3.63) is 65.7 Å². The molecule has 2 aromatic rings. The number of hydrogen-bond donors (Lipinski definition) is 1. The smallest absolute Gasteiger partial charge is 0.260 e. The predicted octanol–water partition coefficient (Wildman–Crippen LogP) is 2.27. The SMILES string of the molecule is C/C(=N/NC(=O)CN(c1ccc(F)cc1)S(C)(=O)=O)c1ccc(F)cc1. The molecule has 26 heavy (non-hydrogen) atoms. The van der Waals surface area contributed by atoms with Crippen molar-refractivity contribution >= 4 is 27.3 Å². The van der Waals surface area contributed by atoms with Gasteiger partial charge in [0.2, 0.25) is 10.0 Å². The van der Waals surface area contributed by atoms with Crippen molar-refractivity contribution in [3.63, 3.8) is 0 Å². The van der Waals surface area contributed by atoms with Gasteiger partial charge in [-0.25, -0.2) is 22.6 Å². The van der Waals surface area contributed by atoms with E-state index in [0.717, 1.165) is 22.7 Å². The number of hydrogen-bond acceptors (Lipinski definition) is 4. The standard InChI is InChI=1S/C17H17F2N3O3S/c1-12(13-3-5-14(18)6-4-13)20-21-17(23)11-22(26(2,24)25)16-9-7-15(19)8-10-16/h3-10H,11H2,1-2H3,(H,21,23)/b20-12-. The number of carbonyl (C=O) groups is 1. The van der Waals surface area contributed by atoms with Gasteiger partial charge in [-0.3, -0.25) is 9.10 Å². The highest BCUT2D eigenvalue weighted by Crippen LogP contribution is 2.17. The average molecular weight is 381 g/mol. The van der Waals surface area contributed by atoms with E-state index in [4.69, 9.17) is 0 Å². The third-order valence-corrected chi connectivity index (χ3v) is 4.55. The molecule has 0 aliphatic heterocycles. The van der Waals surface area contributed by atoms with E-state index in [1.54, 1.807) is 6.92 Å². The number of anilines is 1. The summed E-state index contributed by atoms with van der Waals surface area (Å²) in [7, 11) is -3.76. The molecule has 0 aromatic heterocycles. The molecule has 9 heteroatoms. The van der Waals surface area contributed by atoms with Gasteiger partial charge < -0.3 is 0 Å². The number of nitrogens with one attached hydrogen (secondary N) is 1. The molecule has 1 amide bonds. The van der Waals surface area contributed by atoms with Gasteiger partial charge in [-0.05, 0) is 48.9 Å². The minimum absolute atomic E-state index is 0.156. The molecule has 6 nitrogen and oxygen atoms in total. The average Bonchev–Trinajstić information content (AvgIpc) is 2.58. The van der Waals surface area contributed by atoms with Crippen molar-refractivity contribution in [2.75, 3.05) is 17.1 Å². The predicted molar refractivity (Wildman–Crippen MR) is 95.3 cm³/mol. The molecule has 138 valence electrons. The first-order valence-corrected chi connectivity index (χ1v) is 9.34. The van der Waals surface area contributed by atoms with Crippen LogP contribution in [0.1, 0.15) is 12.5 Å². The first kappa shape index (κ1) is 19.5. The van der Waals surface area contributed by atoms with E-state index in [9.17, 15) is 22.0 Å². The van der Waals surface area contributed by atoms with Crippen LogP contribution >= 0.6 is 0 Å². The van der Waals surface area contributed by atoms with Crippen LogP contribution in [0.2, 0.25) is 0 Å². The summed E-state index contributed by atoms with van der Waals surface area (Å²) in [6.45, 7) is 1.09. The van der Waals surface area contributed by atoms with Crippen LogP contribution in [0.5, 0.6) is 0 Å². The molecule has 0 heterocycles. The number of sulfonamides is 1. The Labute approximate surface area is 150 Å². The number of carbonyl (C=O) groups excluding carboxylic acids is 1. The molecule has 0 radical (unpaired) electrons. The second-order valence-electron chi connectivity index (χ2n) is 5.49. The highest BCUT2D eigenvalue weighted by atomic mass is 32.2. The molecule has 2 aromatic carbocycles. The van der Waals surface area contributed by atoms with Crippen LogP contribution in [-0.2, 0) is 14.8 Å². The first-order valence-electron chi connectivity index (χ1n) is 7.49. The third kappa shape index (κ3) is 5.35. The molecule has 0 unspecified atom stereocenters. The van der Waals surface area contributed by atoms with Gasteiger partial charge in [0, 0.05) is 0 Å². The second kappa shape index (κ2) is 8.05. The number of nitrogens with zero attached hydrogens (tertiary/aromatic N) is 2. The molecular formula is C17H17F2N3O3S. The molecule has 0 aliphatic rings. The molecule has 0 fully saturated rings. The van der Waals surface area contributed by atoms with E-state index in [1.807, 2.05) is 0 Å². The lowest BCUT2D eigenvalue weighted by Crippen LogP contribution is -2.39. The minimum atomic E-state index is -3.76. The van der Waals surface area contributed by atoms with Crippen LogP contribution < -0.4 is 9.73 Å². The summed E-state index contributed by atoms with van der Waals surface area (Å²) in [4.78, 5) is 12.1. The Morgan fingerprint density at radius 3 is 2.04 bits per heavy atom. The maximum Gasteiger partial charge on any atom is 0.260 e. The summed E-state index contributed by atoms with van der Waals surface area (Å²) in [6, 6.07) is 10.2. The number of benzene rings is 2. The number of halogens is 2. The van der Waals surface area contributed by atoms with Gasteiger partial charge in [0.25, 0.3) is 5.91 Å². The molecule has 0 saturated carbocycles. The molecule has 2 rings (SSSR count). The van der Waals surface area contributed by atoms with Crippen molar-refractivity contribution in [2.24, 2.45) is 5.10 Å². The van der Waals surface area contributed by atoms with Gasteiger partial charge in [0.05, 0.1) is 17.7 Å². The number of hydrazone groups is 1. The van der Waals surface area contributed by atoms with Gasteiger partial charge in [-0.1, -0.05) is 12.1 Å². The maximum atomic E-state index is 13.0. The highest BCUT2D eigenvalue weighted by Gasteiger charge is 2.20. The summed E-state index contributed by atoms with van der Waals surface area (Å²) in [5.74, 6) is -1.60. The van der Waals surface area contributed by atoms with Gasteiger partial charge in [-0.15, -0.1) is 0 Å². The Morgan fingerprint density at radius 2 is 1.54 bits per heavy atom. The lowest BCUT2D eigenvalue weighted by molar-refractivity contribution is -0.119. The second-order valence-corrected chi connectivity index (χ2v) is 7.39. The van der Waals surface area contributed by atoms with E-state index in [-0.39, 0.29) is 5.69 Å². The highest BCUT2D eigenvalue weighted by molar-refractivity contribution is 7.92. The topological polar surface area (TPSA) is 78.8 Å². The fourth-order valence-corrected chi connectivity index (χ4v) is 2.93. The quantitative estimate of drug-likeness (QED) is 0.616. The summed E-state index contributed by atoms with van der Waals surface area (Å²) >= 11 is 0. The summed E-state index contributed by atoms with van der Waals surface area (Å²) in [5, 5.41) is 3.88. The Balaban J connectivity index is 2.11. The monoisotopic (exact) mass is 381 g/mol. The van der Waals surface area contributed by atoms with Crippen LogP contribution in [-0.4, -0.2) is 32.8 Å². The van der Waals surface area contributed by atoms with Crippen molar-refractivity contribution < 1.29 is 22.0 Å². The van der Waals surface area contributed by atoms with Crippen LogP contribution in [0, 0.1) is 11.6 Å². The summed E-state index contributed by atoms with van der Waals surface area (Å²) in [5.41, 5.74) is 3.43. The number of rotatable bonds is 6. The van der Waals surface area contributed by atoms with Crippen molar-refractivity contribution in [3.8, 4) is 0 Å². The van der Waals surface area contributed by atoms with Gasteiger partial charge in [-0.2, -0.15) is 5.10 Å². The Bertz CT molecular complexity index is 911. The lowest BCUT2D eigenvalue weighted by Gasteiger charge is -2.21. The van der Waals surface area contributed by atoms with E-state index in [1.165, 1.54) is 36.4 Å². The van der Waals surface area contributed by atoms with Crippen LogP contribution in [0.4, 0.5) is 14.5 Å². The molecule has 1 N–H and O–H groups in total. The normalized spacial score (nSPS) is 11.9. The van der Waals surface area contributed by atoms with E-state index < -0.39 is 34.1 Å². The molecule has 0 aliphatic carbocycles. The van der Waals surface area contributed by atoms with Crippen LogP contribution in [0.15, 0.2) is 53.6 Å². The first-order chi connectivity index (χ1) is 12.2. The summed E-state index contributed by atoms with van der Waals surface area (Å²) < 4.78 is 50.6. The molecule has 0 bridgehead atoms. The minimum Gasteiger partial charge on any atom is -0.271 e. The molecule has 0 spiro atoms. The zero-order valence-electron chi connectivity index (χ0n) is 14.1. The van der Waals surface area contributed by atoms with Crippen molar-refractivity contribution in [2.45, 2.75) is 6.92 Å².